The minimum atomic E-state index is -0.782. The molecule has 0 atom stereocenters. The molecule has 0 unspecified atom stereocenters. The van der Waals surface area contributed by atoms with E-state index in [1.807, 2.05) is 6.92 Å². The van der Waals surface area contributed by atoms with Gasteiger partial charge in [0.05, 0.1) is 5.69 Å². The third kappa shape index (κ3) is 5.08. The van der Waals surface area contributed by atoms with Crippen molar-refractivity contribution in [1.82, 2.24) is 5.32 Å². The quantitative estimate of drug-likeness (QED) is 0.383. The molecule has 33 heavy (non-hydrogen) atoms. The summed E-state index contributed by atoms with van der Waals surface area (Å²) in [4.78, 5) is 38.5. The van der Waals surface area contributed by atoms with Gasteiger partial charge in [-0.05, 0) is 55.0 Å². The Bertz CT molecular complexity index is 1270. The van der Waals surface area contributed by atoms with Gasteiger partial charge < -0.3 is 4.74 Å². The van der Waals surface area contributed by atoms with Gasteiger partial charge in [0.1, 0.15) is 17.9 Å². The summed E-state index contributed by atoms with van der Waals surface area (Å²) in [6, 6.07) is 18.1. The highest BCUT2D eigenvalue weighted by molar-refractivity contribution is 6.39. The van der Waals surface area contributed by atoms with Crippen LogP contribution in [0.3, 0.4) is 0 Å². The molecule has 1 fully saturated rings. The minimum Gasteiger partial charge on any atom is -0.489 e. The molecule has 3 aromatic carbocycles. The highest BCUT2D eigenvalue weighted by Crippen LogP contribution is 2.25. The summed E-state index contributed by atoms with van der Waals surface area (Å²) in [6.45, 7) is 2.15. The van der Waals surface area contributed by atoms with Crippen LogP contribution in [-0.2, 0) is 16.2 Å². The molecule has 4 rings (SSSR count). The summed E-state index contributed by atoms with van der Waals surface area (Å²) in [6.07, 6.45) is 1.44. The number of ether oxygens (including phenoxy) is 1. The zero-order valence-corrected chi connectivity index (χ0v) is 19.0. The third-order valence-corrected chi connectivity index (χ3v) is 5.58. The molecule has 3 aromatic rings. The number of amides is 4. The average molecular weight is 481 g/mol. The van der Waals surface area contributed by atoms with Gasteiger partial charge in [0.2, 0.25) is 0 Å². The second kappa shape index (κ2) is 9.48. The van der Waals surface area contributed by atoms with Gasteiger partial charge >= 0.3 is 6.03 Å². The first-order valence-electron chi connectivity index (χ1n) is 9.97. The van der Waals surface area contributed by atoms with Crippen molar-refractivity contribution in [3.63, 3.8) is 0 Å². The molecular weight excluding hydrogens is 463 g/mol. The molecule has 1 heterocycles. The van der Waals surface area contributed by atoms with Crippen molar-refractivity contribution in [1.29, 1.82) is 0 Å². The highest BCUT2D eigenvalue weighted by Gasteiger charge is 2.36. The fourth-order valence-corrected chi connectivity index (χ4v) is 3.68. The smallest absolute Gasteiger partial charge is 0.335 e. The zero-order chi connectivity index (χ0) is 23.5. The molecular formula is C25H18Cl2N2O4. The molecule has 166 valence electrons. The van der Waals surface area contributed by atoms with Crippen LogP contribution < -0.4 is 15.0 Å². The Labute approximate surface area is 200 Å². The van der Waals surface area contributed by atoms with Gasteiger partial charge in [0, 0.05) is 15.6 Å². The number of carbonyl (C=O) groups is 3. The van der Waals surface area contributed by atoms with E-state index in [1.165, 1.54) is 6.08 Å². The van der Waals surface area contributed by atoms with Crippen LogP contribution in [0.4, 0.5) is 10.5 Å². The zero-order valence-electron chi connectivity index (χ0n) is 17.5. The maximum Gasteiger partial charge on any atom is 0.335 e. The Hall–Kier alpha value is -3.61. The van der Waals surface area contributed by atoms with E-state index in [2.05, 4.69) is 5.32 Å². The largest absolute Gasteiger partial charge is 0.489 e. The Morgan fingerprint density at radius 3 is 2.30 bits per heavy atom. The third-order valence-electron chi connectivity index (χ3n) is 4.99. The van der Waals surface area contributed by atoms with Crippen LogP contribution in [0.25, 0.3) is 6.08 Å². The SMILES string of the molecule is Cc1ccc(N2C(=O)NC(=O)/C(=C/c3ccc(OCc4ccc(Cl)cc4Cl)cc3)C2=O)cc1. The van der Waals surface area contributed by atoms with Crippen LogP contribution in [0.15, 0.2) is 72.3 Å². The Balaban J connectivity index is 1.51. The molecule has 0 spiro atoms. The van der Waals surface area contributed by atoms with Gasteiger partial charge in [-0.3, -0.25) is 14.9 Å². The topological polar surface area (TPSA) is 75.7 Å². The number of hydrogen-bond donors (Lipinski definition) is 1. The first-order valence-corrected chi connectivity index (χ1v) is 10.7. The molecule has 8 heteroatoms. The number of nitrogens with one attached hydrogen (secondary N) is 1. The van der Waals surface area contributed by atoms with Crippen LogP contribution in [0.5, 0.6) is 5.75 Å². The van der Waals surface area contributed by atoms with E-state index in [9.17, 15) is 14.4 Å². The van der Waals surface area contributed by atoms with Gasteiger partial charge in [0.25, 0.3) is 11.8 Å². The number of rotatable bonds is 5. The standard InChI is InChI=1S/C25H18Cl2N2O4/c1-15-2-8-19(9-3-15)29-24(31)21(23(30)28-25(29)32)12-16-4-10-20(11-5-16)33-14-17-6-7-18(26)13-22(17)27/h2-13H,14H2,1H3,(H,28,30,32)/b21-12-. The van der Waals surface area contributed by atoms with Crippen molar-refractivity contribution in [2.45, 2.75) is 13.5 Å². The summed E-state index contributed by atoms with van der Waals surface area (Å²) in [5, 5.41) is 3.27. The first kappa shape index (κ1) is 22.6. The van der Waals surface area contributed by atoms with Crippen LogP contribution in [0, 0.1) is 6.92 Å². The number of carbonyl (C=O) groups excluding carboxylic acids is 3. The highest BCUT2D eigenvalue weighted by atomic mass is 35.5. The summed E-state index contributed by atoms with van der Waals surface area (Å²) >= 11 is 12.1. The van der Waals surface area contributed by atoms with E-state index < -0.39 is 17.8 Å². The molecule has 0 aliphatic carbocycles. The maximum atomic E-state index is 12.9. The molecule has 1 aliphatic rings. The number of halogens is 2. The summed E-state index contributed by atoms with van der Waals surface area (Å²) < 4.78 is 5.75. The number of aryl methyl sites for hydroxylation is 1. The molecule has 0 aromatic heterocycles. The van der Waals surface area contributed by atoms with Gasteiger partial charge in [0.15, 0.2) is 0 Å². The van der Waals surface area contributed by atoms with E-state index >= 15 is 0 Å². The van der Waals surface area contributed by atoms with Gasteiger partial charge in [-0.1, -0.05) is 59.1 Å². The van der Waals surface area contributed by atoms with Crippen molar-refractivity contribution in [2.75, 3.05) is 4.90 Å². The molecule has 4 amide bonds. The lowest BCUT2D eigenvalue weighted by atomic mass is 10.1. The van der Waals surface area contributed by atoms with Crippen LogP contribution in [0.1, 0.15) is 16.7 Å². The minimum absolute atomic E-state index is 0.142. The fraction of sp³-hybridized carbons (Fsp3) is 0.0800. The predicted octanol–water partition coefficient (Wildman–Crippen LogP) is 5.55. The van der Waals surface area contributed by atoms with Crippen molar-refractivity contribution in [2.24, 2.45) is 0 Å². The van der Waals surface area contributed by atoms with Gasteiger partial charge in [-0.25, -0.2) is 9.69 Å². The van der Waals surface area contributed by atoms with Crippen LogP contribution >= 0.6 is 23.2 Å². The Kier molecular flexibility index (Phi) is 6.49. The molecule has 1 saturated heterocycles. The molecule has 1 N–H and O–H groups in total. The number of nitrogens with zero attached hydrogens (tertiary/aromatic N) is 1. The number of benzene rings is 3. The lowest BCUT2D eigenvalue weighted by Gasteiger charge is -2.26. The van der Waals surface area contributed by atoms with E-state index in [0.717, 1.165) is 16.0 Å². The van der Waals surface area contributed by atoms with Crippen molar-refractivity contribution in [3.05, 3.63) is 99.0 Å². The van der Waals surface area contributed by atoms with Crippen molar-refractivity contribution < 1.29 is 19.1 Å². The number of barbiturate groups is 1. The van der Waals surface area contributed by atoms with Crippen molar-refractivity contribution in [3.8, 4) is 5.75 Å². The summed E-state index contributed by atoms with van der Waals surface area (Å²) in [5.41, 5.74) is 2.61. The van der Waals surface area contributed by atoms with Crippen LogP contribution in [-0.4, -0.2) is 17.8 Å². The number of hydrogen-bond acceptors (Lipinski definition) is 4. The molecule has 6 nitrogen and oxygen atoms in total. The first-order chi connectivity index (χ1) is 15.8. The van der Waals surface area contributed by atoms with Crippen LogP contribution in [0.2, 0.25) is 10.0 Å². The number of imide groups is 2. The Morgan fingerprint density at radius 1 is 0.939 bits per heavy atom. The molecule has 0 saturated carbocycles. The van der Waals surface area contributed by atoms with E-state index in [-0.39, 0.29) is 12.2 Å². The van der Waals surface area contributed by atoms with Gasteiger partial charge in [-0.2, -0.15) is 0 Å². The lowest BCUT2D eigenvalue weighted by molar-refractivity contribution is -0.122. The molecule has 1 aliphatic heterocycles. The summed E-state index contributed by atoms with van der Waals surface area (Å²) in [5.74, 6) is -0.851. The van der Waals surface area contributed by atoms with E-state index in [0.29, 0.717) is 27.0 Å². The second-order valence-corrected chi connectivity index (χ2v) is 8.23. The molecule has 0 bridgehead atoms. The fourth-order valence-electron chi connectivity index (χ4n) is 3.21. The predicted molar refractivity (Wildman–Crippen MR) is 127 cm³/mol. The Morgan fingerprint density at radius 2 is 1.64 bits per heavy atom. The summed E-state index contributed by atoms with van der Waals surface area (Å²) in [7, 11) is 0. The number of anilines is 1. The second-order valence-electron chi connectivity index (χ2n) is 7.39. The van der Waals surface area contributed by atoms with Crippen molar-refractivity contribution >= 4 is 52.8 Å². The maximum absolute atomic E-state index is 12.9. The van der Waals surface area contributed by atoms with E-state index in [1.54, 1.807) is 66.7 Å². The average Bonchev–Trinajstić information content (AvgIpc) is 2.78. The number of urea groups is 1. The molecule has 0 radical (unpaired) electrons. The van der Waals surface area contributed by atoms with Gasteiger partial charge in [-0.15, -0.1) is 0 Å². The lowest BCUT2D eigenvalue weighted by Crippen LogP contribution is -2.54. The normalized spacial score (nSPS) is 15.1. The van der Waals surface area contributed by atoms with E-state index in [4.69, 9.17) is 27.9 Å². The monoisotopic (exact) mass is 480 g/mol.